The van der Waals surface area contributed by atoms with E-state index in [2.05, 4.69) is 42.7 Å². The van der Waals surface area contributed by atoms with E-state index in [4.69, 9.17) is 11.6 Å². The van der Waals surface area contributed by atoms with Crippen molar-refractivity contribution in [2.24, 2.45) is 0 Å². The second-order valence-electron chi connectivity index (χ2n) is 7.10. The van der Waals surface area contributed by atoms with Crippen LogP contribution in [0.3, 0.4) is 0 Å². The van der Waals surface area contributed by atoms with E-state index in [0.717, 1.165) is 16.1 Å². The van der Waals surface area contributed by atoms with Crippen molar-refractivity contribution >= 4 is 35.0 Å². The average Bonchev–Trinajstić information content (AvgIpc) is 2.69. The summed E-state index contributed by atoms with van der Waals surface area (Å²) in [4.78, 5) is 14.6. The molecule has 2 N–H and O–H groups in total. The number of anilines is 1. The van der Waals surface area contributed by atoms with Crippen LogP contribution in [0, 0.1) is 13.8 Å². The van der Waals surface area contributed by atoms with E-state index in [1.54, 1.807) is 11.8 Å². The highest BCUT2D eigenvalue weighted by atomic mass is 35.5. The first-order valence-corrected chi connectivity index (χ1v) is 10.7. The summed E-state index contributed by atoms with van der Waals surface area (Å²) in [6.07, 6.45) is 0. The number of benzene rings is 3. The molecule has 3 aromatic carbocycles. The maximum absolute atomic E-state index is 12.3. The summed E-state index contributed by atoms with van der Waals surface area (Å²) in [6.45, 7) is 6.47. The third kappa shape index (κ3) is 6.36. The lowest BCUT2D eigenvalue weighted by atomic mass is 10.1. The molecular weight excluding hydrogens is 400 g/mol. The van der Waals surface area contributed by atoms with Gasteiger partial charge in [-0.2, -0.15) is 0 Å². The molecule has 0 aliphatic rings. The molecule has 3 rings (SSSR count). The SMILES string of the molecule is Cc1ccc(Sc2ccc(NC(=O)CN[C@H](C)c3cccc(Cl)c3)cc2)c(C)c1. The molecule has 0 spiro atoms. The minimum Gasteiger partial charge on any atom is -0.325 e. The fourth-order valence-electron chi connectivity index (χ4n) is 2.99. The van der Waals surface area contributed by atoms with Crippen molar-refractivity contribution < 1.29 is 4.79 Å². The van der Waals surface area contributed by atoms with Gasteiger partial charge in [0.25, 0.3) is 0 Å². The van der Waals surface area contributed by atoms with Crippen molar-refractivity contribution in [1.29, 1.82) is 0 Å². The first kappa shape index (κ1) is 21.4. The van der Waals surface area contributed by atoms with E-state index in [1.165, 1.54) is 16.0 Å². The molecule has 29 heavy (non-hydrogen) atoms. The highest BCUT2D eigenvalue weighted by Crippen LogP contribution is 2.31. The van der Waals surface area contributed by atoms with Gasteiger partial charge in [0.15, 0.2) is 0 Å². The molecule has 3 nitrogen and oxygen atoms in total. The summed E-state index contributed by atoms with van der Waals surface area (Å²) in [5.74, 6) is -0.0753. The normalized spacial score (nSPS) is 11.9. The van der Waals surface area contributed by atoms with Crippen molar-refractivity contribution in [2.45, 2.75) is 36.6 Å². The molecular formula is C24H25ClN2OS. The zero-order valence-corrected chi connectivity index (χ0v) is 18.4. The number of carbonyl (C=O) groups excluding carboxylic acids is 1. The zero-order valence-electron chi connectivity index (χ0n) is 16.8. The first-order valence-electron chi connectivity index (χ1n) is 9.54. The third-order valence-electron chi connectivity index (χ3n) is 4.61. The number of hydrogen-bond acceptors (Lipinski definition) is 3. The van der Waals surface area contributed by atoms with Gasteiger partial charge in [0.1, 0.15) is 0 Å². The van der Waals surface area contributed by atoms with Gasteiger partial charge in [0.05, 0.1) is 6.54 Å². The molecule has 0 fully saturated rings. The van der Waals surface area contributed by atoms with Crippen LogP contribution in [0.1, 0.15) is 29.7 Å². The average molecular weight is 425 g/mol. The van der Waals surface area contributed by atoms with Gasteiger partial charge in [0.2, 0.25) is 5.91 Å². The Morgan fingerprint density at radius 3 is 2.48 bits per heavy atom. The van der Waals surface area contributed by atoms with Gasteiger partial charge in [-0.1, -0.05) is 53.2 Å². The molecule has 0 aromatic heterocycles. The van der Waals surface area contributed by atoms with E-state index >= 15 is 0 Å². The molecule has 1 atom stereocenters. The molecule has 0 unspecified atom stereocenters. The van der Waals surface area contributed by atoms with Crippen molar-refractivity contribution in [3.8, 4) is 0 Å². The van der Waals surface area contributed by atoms with Crippen LogP contribution in [0.25, 0.3) is 0 Å². The van der Waals surface area contributed by atoms with Crippen molar-refractivity contribution in [3.05, 3.63) is 88.4 Å². The molecule has 150 valence electrons. The fraction of sp³-hybridized carbons (Fsp3) is 0.208. The van der Waals surface area contributed by atoms with Crippen molar-refractivity contribution in [3.63, 3.8) is 0 Å². The maximum atomic E-state index is 12.3. The number of aryl methyl sites for hydroxylation is 2. The lowest BCUT2D eigenvalue weighted by molar-refractivity contribution is -0.115. The molecule has 0 saturated heterocycles. The minimum absolute atomic E-state index is 0.0379. The predicted octanol–water partition coefficient (Wildman–Crippen LogP) is 6.40. The van der Waals surface area contributed by atoms with Gasteiger partial charge in [-0.3, -0.25) is 4.79 Å². The summed E-state index contributed by atoms with van der Waals surface area (Å²) < 4.78 is 0. The van der Waals surface area contributed by atoms with Crippen LogP contribution in [-0.4, -0.2) is 12.5 Å². The lowest BCUT2D eigenvalue weighted by Crippen LogP contribution is -2.30. The van der Waals surface area contributed by atoms with Crippen LogP contribution < -0.4 is 10.6 Å². The van der Waals surface area contributed by atoms with E-state index in [-0.39, 0.29) is 18.5 Å². The predicted molar refractivity (Wildman–Crippen MR) is 123 cm³/mol. The van der Waals surface area contributed by atoms with E-state index in [1.807, 2.05) is 55.5 Å². The van der Waals surface area contributed by atoms with E-state index in [9.17, 15) is 4.79 Å². The molecule has 0 aliphatic heterocycles. The Morgan fingerprint density at radius 1 is 1.03 bits per heavy atom. The van der Waals surface area contributed by atoms with Crippen LogP contribution in [0.2, 0.25) is 5.02 Å². The molecule has 0 aliphatic carbocycles. The summed E-state index contributed by atoms with van der Waals surface area (Å²) in [7, 11) is 0. The Hall–Kier alpha value is -2.27. The molecule has 3 aromatic rings. The molecule has 0 bridgehead atoms. The topological polar surface area (TPSA) is 41.1 Å². The monoisotopic (exact) mass is 424 g/mol. The Kier molecular flexibility index (Phi) is 7.37. The second kappa shape index (κ2) is 9.97. The van der Waals surface area contributed by atoms with E-state index < -0.39 is 0 Å². The third-order valence-corrected chi connectivity index (χ3v) is 6.03. The Bertz CT molecular complexity index is 988. The zero-order chi connectivity index (χ0) is 20.8. The number of hydrogen-bond donors (Lipinski definition) is 2. The van der Waals surface area contributed by atoms with Crippen LogP contribution in [0.15, 0.2) is 76.5 Å². The van der Waals surface area contributed by atoms with Crippen LogP contribution in [0.5, 0.6) is 0 Å². The van der Waals surface area contributed by atoms with Crippen LogP contribution >= 0.6 is 23.4 Å². The molecule has 0 saturated carbocycles. The molecule has 0 radical (unpaired) electrons. The summed E-state index contributed by atoms with van der Waals surface area (Å²) in [6, 6.07) is 22.1. The number of rotatable bonds is 7. The van der Waals surface area contributed by atoms with Gasteiger partial charge < -0.3 is 10.6 Å². The smallest absolute Gasteiger partial charge is 0.238 e. The lowest BCUT2D eigenvalue weighted by Gasteiger charge is -2.14. The standard InChI is InChI=1S/C24H25ClN2OS/c1-16-7-12-23(17(2)13-16)29-22-10-8-21(9-11-22)27-24(28)15-26-18(3)19-5-4-6-20(25)14-19/h4-14,18,26H,15H2,1-3H3,(H,27,28)/t18-/m1/s1. The van der Waals surface area contributed by atoms with Crippen LogP contribution in [0.4, 0.5) is 5.69 Å². The highest BCUT2D eigenvalue weighted by Gasteiger charge is 2.09. The first-order chi connectivity index (χ1) is 13.9. The number of nitrogens with one attached hydrogen (secondary N) is 2. The Balaban J connectivity index is 1.52. The van der Waals surface area contributed by atoms with Crippen molar-refractivity contribution in [2.75, 3.05) is 11.9 Å². The Morgan fingerprint density at radius 2 is 1.79 bits per heavy atom. The summed E-state index contributed by atoms with van der Waals surface area (Å²) >= 11 is 7.76. The highest BCUT2D eigenvalue weighted by molar-refractivity contribution is 7.99. The fourth-order valence-corrected chi connectivity index (χ4v) is 4.07. The summed E-state index contributed by atoms with van der Waals surface area (Å²) in [5, 5.41) is 6.85. The number of amides is 1. The largest absolute Gasteiger partial charge is 0.325 e. The van der Waals surface area contributed by atoms with Gasteiger partial charge in [-0.05, 0) is 74.4 Å². The van der Waals surface area contributed by atoms with Crippen LogP contribution in [-0.2, 0) is 4.79 Å². The number of halogens is 1. The molecule has 0 heterocycles. The minimum atomic E-state index is -0.0753. The van der Waals surface area contributed by atoms with E-state index in [0.29, 0.717) is 5.02 Å². The number of carbonyl (C=O) groups is 1. The molecule has 5 heteroatoms. The van der Waals surface area contributed by atoms with Gasteiger partial charge in [-0.15, -0.1) is 0 Å². The Labute approximate surface area is 181 Å². The second-order valence-corrected chi connectivity index (χ2v) is 8.65. The van der Waals surface area contributed by atoms with Gasteiger partial charge >= 0.3 is 0 Å². The maximum Gasteiger partial charge on any atom is 0.238 e. The van der Waals surface area contributed by atoms with Gasteiger partial charge in [-0.25, -0.2) is 0 Å². The summed E-state index contributed by atoms with van der Waals surface area (Å²) in [5.41, 5.74) is 4.38. The quantitative estimate of drug-likeness (QED) is 0.461. The van der Waals surface area contributed by atoms with Gasteiger partial charge in [0, 0.05) is 26.5 Å². The van der Waals surface area contributed by atoms with Crippen molar-refractivity contribution in [1.82, 2.24) is 5.32 Å². The molecule has 1 amide bonds.